The molecule has 1 aliphatic rings. The molecular formula is C41H28. The zero-order valence-corrected chi connectivity index (χ0v) is 23.2. The van der Waals surface area contributed by atoms with Gasteiger partial charge < -0.3 is 0 Å². The Morgan fingerprint density at radius 1 is 0.341 bits per heavy atom. The highest BCUT2D eigenvalue weighted by Gasteiger charge is 2.35. The molecule has 0 heteroatoms. The van der Waals surface area contributed by atoms with Crippen LogP contribution in [0.5, 0.6) is 0 Å². The van der Waals surface area contributed by atoms with E-state index in [-0.39, 0.29) is 5.41 Å². The molecule has 0 unspecified atom stereocenters. The molecule has 0 atom stereocenters. The lowest BCUT2D eigenvalue weighted by Gasteiger charge is -2.22. The van der Waals surface area contributed by atoms with Gasteiger partial charge in [-0.15, -0.1) is 0 Å². The molecule has 0 saturated carbocycles. The third kappa shape index (κ3) is 3.00. The van der Waals surface area contributed by atoms with Crippen LogP contribution in [-0.4, -0.2) is 0 Å². The summed E-state index contributed by atoms with van der Waals surface area (Å²) >= 11 is 0. The van der Waals surface area contributed by atoms with Gasteiger partial charge in [0.1, 0.15) is 0 Å². The Morgan fingerprint density at radius 3 is 1.41 bits per heavy atom. The predicted molar refractivity (Wildman–Crippen MR) is 177 cm³/mol. The SMILES string of the molecule is CC1(C)c2ccccc2-c2ccc(-c3ccc4c5ccccc5c5c6ccccc6c6ccccc6c5c4c3)cc21. The molecular weight excluding hydrogens is 492 g/mol. The van der Waals surface area contributed by atoms with Crippen molar-refractivity contribution in [2.24, 2.45) is 0 Å². The highest BCUT2D eigenvalue weighted by atomic mass is 14.4. The second-order valence-electron chi connectivity index (χ2n) is 12.1. The summed E-state index contributed by atoms with van der Waals surface area (Å²) in [6.45, 7) is 4.72. The van der Waals surface area contributed by atoms with Gasteiger partial charge in [0.15, 0.2) is 0 Å². The smallest absolute Gasteiger partial charge is 0.0159 e. The lowest BCUT2D eigenvalue weighted by Crippen LogP contribution is -2.14. The van der Waals surface area contributed by atoms with Crippen LogP contribution in [0.25, 0.3) is 76.1 Å². The fourth-order valence-electron chi connectivity index (χ4n) is 7.69. The largest absolute Gasteiger partial charge is 0.0619 e. The van der Waals surface area contributed by atoms with Crippen molar-refractivity contribution in [2.45, 2.75) is 19.3 Å². The van der Waals surface area contributed by atoms with Gasteiger partial charge in [-0.1, -0.05) is 135 Å². The minimum atomic E-state index is -0.0171. The number of rotatable bonds is 1. The zero-order valence-electron chi connectivity index (χ0n) is 23.2. The van der Waals surface area contributed by atoms with Crippen LogP contribution in [0, 0.1) is 0 Å². The molecule has 0 radical (unpaired) electrons. The van der Waals surface area contributed by atoms with Gasteiger partial charge in [-0.2, -0.15) is 0 Å². The van der Waals surface area contributed by atoms with Gasteiger partial charge in [-0.3, -0.25) is 0 Å². The van der Waals surface area contributed by atoms with Crippen molar-refractivity contribution < 1.29 is 0 Å². The minimum absolute atomic E-state index is 0.0171. The lowest BCUT2D eigenvalue weighted by atomic mass is 9.81. The van der Waals surface area contributed by atoms with Gasteiger partial charge in [-0.25, -0.2) is 0 Å². The van der Waals surface area contributed by atoms with E-state index in [0.717, 1.165) is 0 Å². The molecule has 0 bridgehead atoms. The van der Waals surface area contributed by atoms with Crippen molar-refractivity contribution in [2.75, 3.05) is 0 Å². The first-order chi connectivity index (χ1) is 20.1. The maximum atomic E-state index is 2.45. The molecule has 0 aromatic heterocycles. The monoisotopic (exact) mass is 520 g/mol. The molecule has 41 heavy (non-hydrogen) atoms. The topological polar surface area (TPSA) is 0 Å². The highest BCUT2D eigenvalue weighted by Crippen LogP contribution is 2.50. The molecule has 0 spiro atoms. The summed E-state index contributed by atoms with van der Waals surface area (Å²) in [4.78, 5) is 0. The number of fused-ring (bicyclic) bond motifs is 14. The van der Waals surface area contributed by atoms with Crippen molar-refractivity contribution in [1.82, 2.24) is 0 Å². The highest BCUT2D eigenvalue weighted by molar-refractivity contribution is 6.39. The molecule has 1 aliphatic carbocycles. The van der Waals surface area contributed by atoms with E-state index in [1.165, 1.54) is 87.2 Å². The van der Waals surface area contributed by atoms with E-state index in [1.54, 1.807) is 0 Å². The molecule has 192 valence electrons. The first kappa shape index (κ1) is 22.8. The van der Waals surface area contributed by atoms with Crippen LogP contribution in [0.15, 0.2) is 133 Å². The summed E-state index contributed by atoms with van der Waals surface area (Å²) in [5, 5.41) is 13.2. The van der Waals surface area contributed by atoms with Gasteiger partial charge in [-0.05, 0) is 99.4 Å². The predicted octanol–water partition coefficient (Wildman–Crippen LogP) is 11.4. The number of hydrogen-bond donors (Lipinski definition) is 0. The Hall–Kier alpha value is -4.94. The Labute approximate surface area is 239 Å². The molecule has 0 aliphatic heterocycles. The summed E-state index contributed by atoms with van der Waals surface area (Å²) in [6.07, 6.45) is 0. The third-order valence-corrected chi connectivity index (χ3v) is 9.63. The second kappa shape index (κ2) is 8.05. The number of hydrogen-bond acceptors (Lipinski definition) is 0. The quantitative estimate of drug-likeness (QED) is 0.189. The molecule has 0 saturated heterocycles. The number of benzene rings is 8. The minimum Gasteiger partial charge on any atom is -0.0619 e. The van der Waals surface area contributed by atoms with Crippen molar-refractivity contribution in [3.8, 4) is 22.3 Å². The van der Waals surface area contributed by atoms with Crippen LogP contribution >= 0.6 is 0 Å². The van der Waals surface area contributed by atoms with Crippen molar-refractivity contribution in [3.63, 3.8) is 0 Å². The Morgan fingerprint density at radius 2 is 0.780 bits per heavy atom. The van der Waals surface area contributed by atoms with E-state index >= 15 is 0 Å². The molecule has 0 nitrogen and oxygen atoms in total. The van der Waals surface area contributed by atoms with Gasteiger partial charge in [0.25, 0.3) is 0 Å². The van der Waals surface area contributed by atoms with Crippen molar-refractivity contribution in [3.05, 3.63) is 145 Å². The summed E-state index contributed by atoms with van der Waals surface area (Å²) in [5.41, 5.74) is 8.09. The fourth-order valence-corrected chi connectivity index (χ4v) is 7.69. The van der Waals surface area contributed by atoms with Crippen LogP contribution < -0.4 is 0 Å². The average Bonchev–Trinajstić information content (AvgIpc) is 3.26. The first-order valence-corrected chi connectivity index (χ1v) is 14.5. The van der Waals surface area contributed by atoms with Crippen LogP contribution in [0.2, 0.25) is 0 Å². The normalized spacial score (nSPS) is 13.8. The molecule has 0 N–H and O–H groups in total. The van der Waals surface area contributed by atoms with E-state index < -0.39 is 0 Å². The van der Waals surface area contributed by atoms with Crippen molar-refractivity contribution in [1.29, 1.82) is 0 Å². The molecule has 8 aromatic rings. The summed E-state index contributed by atoms with van der Waals surface area (Å²) in [6, 6.07) is 49.9. The second-order valence-corrected chi connectivity index (χ2v) is 12.1. The molecule has 0 fully saturated rings. The summed E-state index contributed by atoms with van der Waals surface area (Å²) in [5.74, 6) is 0. The zero-order chi connectivity index (χ0) is 27.3. The first-order valence-electron chi connectivity index (χ1n) is 14.5. The van der Waals surface area contributed by atoms with Crippen LogP contribution in [0.3, 0.4) is 0 Å². The average molecular weight is 521 g/mol. The van der Waals surface area contributed by atoms with Gasteiger partial charge in [0.05, 0.1) is 0 Å². The van der Waals surface area contributed by atoms with E-state index in [1.807, 2.05) is 0 Å². The Bertz CT molecular complexity index is 2370. The fraction of sp³-hybridized carbons (Fsp3) is 0.0732. The maximum Gasteiger partial charge on any atom is 0.0159 e. The molecule has 0 amide bonds. The molecule has 8 aromatic carbocycles. The van der Waals surface area contributed by atoms with Gasteiger partial charge >= 0.3 is 0 Å². The summed E-state index contributed by atoms with van der Waals surface area (Å²) < 4.78 is 0. The van der Waals surface area contributed by atoms with Gasteiger partial charge in [0.2, 0.25) is 0 Å². The van der Waals surface area contributed by atoms with E-state index in [2.05, 4.69) is 147 Å². The standard InChI is InChI=1S/C41H28/c1-41(2)37-18-10-9-14-31(37)32-22-20-26(24-38(32)41)25-19-21-30-29-13-5-7-16-34(29)39-33-15-6-3-11-27(33)28-12-4-8-17-35(28)40(39)36(30)23-25/h3-24H,1-2H3. The van der Waals surface area contributed by atoms with Crippen molar-refractivity contribution >= 4 is 53.9 Å². The summed E-state index contributed by atoms with van der Waals surface area (Å²) in [7, 11) is 0. The lowest BCUT2D eigenvalue weighted by molar-refractivity contribution is 0.660. The third-order valence-electron chi connectivity index (χ3n) is 9.63. The van der Waals surface area contributed by atoms with E-state index in [4.69, 9.17) is 0 Å². The van der Waals surface area contributed by atoms with Crippen LogP contribution in [-0.2, 0) is 5.41 Å². The van der Waals surface area contributed by atoms with Crippen LogP contribution in [0.4, 0.5) is 0 Å². The maximum absolute atomic E-state index is 2.45. The van der Waals surface area contributed by atoms with Gasteiger partial charge in [0, 0.05) is 5.41 Å². The van der Waals surface area contributed by atoms with Crippen LogP contribution in [0.1, 0.15) is 25.0 Å². The van der Waals surface area contributed by atoms with E-state index in [0.29, 0.717) is 0 Å². The Kier molecular flexibility index (Phi) is 4.49. The molecule has 0 heterocycles. The Balaban J connectivity index is 1.40. The van der Waals surface area contributed by atoms with E-state index in [9.17, 15) is 0 Å². The molecule has 9 rings (SSSR count).